The van der Waals surface area contributed by atoms with E-state index in [1.165, 1.54) is 12.1 Å². The van der Waals surface area contributed by atoms with Crippen molar-refractivity contribution in [1.82, 2.24) is 19.4 Å². The zero-order valence-electron chi connectivity index (χ0n) is 16.7. The van der Waals surface area contributed by atoms with E-state index < -0.39 is 0 Å². The lowest BCUT2D eigenvalue weighted by Gasteiger charge is -2.27. The molecule has 0 spiro atoms. The molecule has 0 bridgehead atoms. The number of benzene rings is 1. The van der Waals surface area contributed by atoms with Gasteiger partial charge in [0.05, 0.1) is 18.9 Å². The minimum absolute atomic E-state index is 0.238. The zero-order valence-corrected chi connectivity index (χ0v) is 16.7. The van der Waals surface area contributed by atoms with Gasteiger partial charge in [0.25, 0.3) is 0 Å². The van der Waals surface area contributed by atoms with E-state index in [-0.39, 0.29) is 5.82 Å². The molecule has 0 saturated carbocycles. The van der Waals surface area contributed by atoms with Crippen LogP contribution >= 0.6 is 0 Å². The fourth-order valence-corrected chi connectivity index (χ4v) is 4.18. The molecular weight excluding hydrogens is 379 g/mol. The third kappa shape index (κ3) is 3.60. The van der Waals surface area contributed by atoms with E-state index in [4.69, 9.17) is 9.72 Å². The Hall–Kier alpha value is -3.09. The summed E-state index contributed by atoms with van der Waals surface area (Å²) in [4.78, 5) is 11.3. The van der Waals surface area contributed by atoms with Crippen LogP contribution in [0.3, 0.4) is 0 Å². The molecule has 1 aliphatic rings. The van der Waals surface area contributed by atoms with Crippen LogP contribution in [0.4, 0.5) is 4.39 Å². The Balaban J connectivity index is 1.68. The monoisotopic (exact) mass is 402 g/mol. The van der Waals surface area contributed by atoms with Gasteiger partial charge in [-0.25, -0.2) is 9.37 Å². The van der Waals surface area contributed by atoms with Crippen molar-refractivity contribution in [2.75, 3.05) is 32.8 Å². The molecule has 0 atom stereocenters. The maximum atomic E-state index is 13.6. The van der Waals surface area contributed by atoms with Crippen LogP contribution in [-0.2, 0) is 11.3 Å². The van der Waals surface area contributed by atoms with Gasteiger partial charge in [0.15, 0.2) is 0 Å². The second-order valence-corrected chi connectivity index (χ2v) is 7.45. The number of rotatable bonds is 5. The first-order valence-corrected chi connectivity index (χ1v) is 10.2. The van der Waals surface area contributed by atoms with E-state index in [0.717, 1.165) is 72.8 Å². The van der Waals surface area contributed by atoms with Crippen molar-refractivity contribution in [1.29, 1.82) is 0 Å². The quantitative estimate of drug-likeness (QED) is 0.501. The minimum Gasteiger partial charge on any atom is -0.379 e. The highest BCUT2D eigenvalue weighted by atomic mass is 19.1. The third-order valence-electron chi connectivity index (χ3n) is 5.65. The van der Waals surface area contributed by atoms with E-state index in [9.17, 15) is 4.39 Å². The smallest absolute Gasteiger partial charge is 0.141 e. The van der Waals surface area contributed by atoms with Gasteiger partial charge in [0, 0.05) is 61.3 Å². The van der Waals surface area contributed by atoms with Crippen LogP contribution in [0.15, 0.2) is 67.1 Å². The number of hydrogen-bond donors (Lipinski definition) is 0. The first-order chi connectivity index (χ1) is 14.8. The van der Waals surface area contributed by atoms with E-state index >= 15 is 0 Å². The van der Waals surface area contributed by atoms with Gasteiger partial charge in [-0.1, -0.05) is 12.1 Å². The third-order valence-corrected chi connectivity index (χ3v) is 5.65. The Kier molecular flexibility index (Phi) is 5.26. The largest absolute Gasteiger partial charge is 0.379 e. The fraction of sp³-hybridized carbons (Fsp3) is 0.250. The van der Waals surface area contributed by atoms with Gasteiger partial charge in [-0.15, -0.1) is 0 Å². The number of morpholine rings is 1. The molecule has 5 rings (SSSR count). The van der Waals surface area contributed by atoms with E-state index in [1.54, 1.807) is 12.4 Å². The van der Waals surface area contributed by atoms with Crippen LogP contribution < -0.4 is 0 Å². The summed E-state index contributed by atoms with van der Waals surface area (Å²) in [6, 6.07) is 14.8. The molecule has 0 aliphatic carbocycles. The molecule has 0 radical (unpaired) electrons. The van der Waals surface area contributed by atoms with Gasteiger partial charge in [-0.05, 0) is 42.0 Å². The lowest BCUT2D eigenvalue weighted by atomic mass is 9.99. The fourth-order valence-electron chi connectivity index (χ4n) is 4.18. The highest BCUT2D eigenvalue weighted by molar-refractivity contribution is 6.03. The summed E-state index contributed by atoms with van der Waals surface area (Å²) < 4.78 is 21.4. The average molecular weight is 402 g/mol. The van der Waals surface area contributed by atoms with Crippen LogP contribution in [0, 0.1) is 5.82 Å². The number of nitrogens with zero attached hydrogens (tertiary/aromatic N) is 4. The number of aromatic nitrogens is 3. The summed E-state index contributed by atoms with van der Waals surface area (Å²) >= 11 is 0. The van der Waals surface area contributed by atoms with Crippen molar-refractivity contribution in [3.8, 4) is 22.4 Å². The molecule has 0 amide bonds. The van der Waals surface area contributed by atoms with Crippen LogP contribution in [0.1, 0.15) is 0 Å². The highest BCUT2D eigenvalue weighted by Gasteiger charge is 2.21. The van der Waals surface area contributed by atoms with E-state index in [2.05, 4.69) is 20.5 Å². The second kappa shape index (κ2) is 8.34. The van der Waals surface area contributed by atoms with Gasteiger partial charge in [-0.2, -0.15) is 0 Å². The average Bonchev–Trinajstić information content (AvgIpc) is 3.14. The first kappa shape index (κ1) is 18.9. The maximum absolute atomic E-state index is 13.6. The van der Waals surface area contributed by atoms with Crippen molar-refractivity contribution in [3.05, 3.63) is 72.9 Å². The lowest BCUT2D eigenvalue weighted by Crippen LogP contribution is -2.38. The SMILES string of the molecule is Fc1ccc(-c2c(-c3ccncc3)n(CCN3CCOCC3)c3ncccc23)cc1. The van der Waals surface area contributed by atoms with Crippen molar-refractivity contribution in [2.45, 2.75) is 6.54 Å². The van der Waals surface area contributed by atoms with Crippen molar-refractivity contribution < 1.29 is 9.13 Å². The Labute approximate surface area is 174 Å². The highest BCUT2D eigenvalue weighted by Crippen LogP contribution is 2.40. The topological polar surface area (TPSA) is 43.2 Å². The number of pyridine rings is 2. The Morgan fingerprint density at radius 3 is 2.40 bits per heavy atom. The number of fused-ring (bicyclic) bond motifs is 1. The maximum Gasteiger partial charge on any atom is 0.141 e. The van der Waals surface area contributed by atoms with Crippen LogP contribution in [0.5, 0.6) is 0 Å². The molecule has 0 N–H and O–H groups in total. The number of hydrogen-bond acceptors (Lipinski definition) is 4. The normalized spacial score (nSPS) is 15.0. The molecule has 152 valence electrons. The predicted octanol–water partition coefficient (Wildman–Crippen LogP) is 4.24. The van der Waals surface area contributed by atoms with Gasteiger partial charge in [0.2, 0.25) is 0 Å². The minimum atomic E-state index is -0.238. The number of ether oxygens (including phenoxy) is 1. The van der Waals surface area contributed by atoms with Crippen molar-refractivity contribution in [2.24, 2.45) is 0 Å². The van der Waals surface area contributed by atoms with Crippen molar-refractivity contribution in [3.63, 3.8) is 0 Å². The molecular formula is C24H23FN4O. The summed E-state index contributed by atoms with van der Waals surface area (Å²) in [5.74, 6) is -0.238. The van der Waals surface area contributed by atoms with Gasteiger partial charge in [0.1, 0.15) is 11.5 Å². The first-order valence-electron chi connectivity index (χ1n) is 10.2. The Bertz CT molecular complexity index is 1140. The second-order valence-electron chi connectivity index (χ2n) is 7.45. The van der Waals surface area contributed by atoms with Gasteiger partial charge in [-0.3, -0.25) is 9.88 Å². The molecule has 1 aromatic carbocycles. The summed E-state index contributed by atoms with van der Waals surface area (Å²) in [7, 11) is 0. The molecule has 5 nitrogen and oxygen atoms in total. The van der Waals surface area contributed by atoms with Crippen LogP contribution in [0.25, 0.3) is 33.4 Å². The van der Waals surface area contributed by atoms with E-state index in [1.807, 2.05) is 36.5 Å². The Morgan fingerprint density at radius 1 is 0.867 bits per heavy atom. The van der Waals surface area contributed by atoms with Crippen LogP contribution in [0.2, 0.25) is 0 Å². The summed E-state index contributed by atoms with van der Waals surface area (Å²) in [6.07, 6.45) is 5.45. The molecule has 30 heavy (non-hydrogen) atoms. The molecule has 4 heterocycles. The molecule has 4 aromatic rings. The molecule has 6 heteroatoms. The van der Waals surface area contributed by atoms with Crippen LogP contribution in [-0.4, -0.2) is 52.3 Å². The van der Waals surface area contributed by atoms with E-state index in [0.29, 0.717) is 0 Å². The lowest BCUT2D eigenvalue weighted by molar-refractivity contribution is 0.0366. The van der Waals surface area contributed by atoms with Crippen molar-refractivity contribution >= 4 is 11.0 Å². The summed E-state index contributed by atoms with van der Waals surface area (Å²) in [5.41, 5.74) is 5.16. The molecule has 3 aromatic heterocycles. The molecule has 1 aliphatic heterocycles. The number of halogens is 1. The molecule has 1 saturated heterocycles. The van der Waals surface area contributed by atoms with Gasteiger partial charge < -0.3 is 9.30 Å². The zero-order chi connectivity index (χ0) is 20.3. The summed E-state index contributed by atoms with van der Waals surface area (Å²) in [5, 5.41) is 1.07. The molecule has 0 unspecified atom stereocenters. The molecule has 1 fully saturated rings. The Morgan fingerprint density at radius 2 is 1.63 bits per heavy atom. The van der Waals surface area contributed by atoms with Gasteiger partial charge >= 0.3 is 0 Å². The predicted molar refractivity (Wildman–Crippen MR) is 116 cm³/mol. The standard InChI is InChI=1S/C24H23FN4O/c25-20-5-3-18(4-6-20)22-21-2-1-9-27-24(21)29(13-12-28-14-16-30-17-15-28)23(22)19-7-10-26-11-8-19/h1-11H,12-17H2. The summed E-state index contributed by atoms with van der Waals surface area (Å²) in [6.45, 7) is 5.19.